The van der Waals surface area contributed by atoms with Crippen LogP contribution in [0.2, 0.25) is 0 Å². The van der Waals surface area contributed by atoms with E-state index in [0.29, 0.717) is 5.69 Å². The molecule has 2 amide bonds. The Balaban J connectivity index is 1.73. The highest BCUT2D eigenvalue weighted by Crippen LogP contribution is 2.21. The molecule has 27 heavy (non-hydrogen) atoms. The number of rotatable bonds is 6. The van der Waals surface area contributed by atoms with E-state index in [0.717, 1.165) is 4.31 Å². The van der Waals surface area contributed by atoms with E-state index in [1.54, 1.807) is 42.6 Å². The molecule has 2 aromatic rings. The van der Waals surface area contributed by atoms with Gasteiger partial charge in [-0.1, -0.05) is 24.3 Å². The SMILES string of the molecule is O=C(C[C@@H]1C(=O)NCCN1S(=O)(=O)c1ccccc1)NCc1ccccn1. The fourth-order valence-electron chi connectivity index (χ4n) is 2.84. The Morgan fingerprint density at radius 2 is 1.93 bits per heavy atom. The number of piperazine rings is 1. The van der Waals surface area contributed by atoms with Crippen LogP contribution >= 0.6 is 0 Å². The highest BCUT2D eigenvalue weighted by molar-refractivity contribution is 7.89. The maximum atomic E-state index is 12.9. The number of hydrogen-bond acceptors (Lipinski definition) is 5. The zero-order valence-electron chi connectivity index (χ0n) is 14.5. The number of aromatic nitrogens is 1. The lowest BCUT2D eigenvalue weighted by molar-refractivity contribution is -0.131. The van der Waals surface area contributed by atoms with Crippen molar-refractivity contribution in [2.75, 3.05) is 13.1 Å². The van der Waals surface area contributed by atoms with Gasteiger partial charge in [-0.3, -0.25) is 14.6 Å². The number of nitrogens with one attached hydrogen (secondary N) is 2. The first kappa shape index (κ1) is 19.0. The van der Waals surface area contributed by atoms with Crippen molar-refractivity contribution in [3.05, 3.63) is 60.4 Å². The van der Waals surface area contributed by atoms with Crippen molar-refractivity contribution < 1.29 is 18.0 Å². The van der Waals surface area contributed by atoms with Crippen LogP contribution in [0.5, 0.6) is 0 Å². The number of carbonyl (C=O) groups is 2. The topological polar surface area (TPSA) is 108 Å². The van der Waals surface area contributed by atoms with Crippen LogP contribution in [-0.4, -0.2) is 48.7 Å². The Morgan fingerprint density at radius 3 is 2.63 bits per heavy atom. The standard InChI is InChI=1S/C18H20N4O4S/c23-17(21-13-14-6-4-5-9-19-14)12-16-18(24)20-10-11-22(16)27(25,26)15-7-2-1-3-8-15/h1-9,16H,10-13H2,(H,20,24)(H,21,23)/t16-/m1/s1. The molecule has 0 aliphatic carbocycles. The Morgan fingerprint density at radius 1 is 1.19 bits per heavy atom. The highest BCUT2D eigenvalue weighted by Gasteiger charge is 2.39. The summed E-state index contributed by atoms with van der Waals surface area (Å²) in [4.78, 5) is 28.8. The van der Waals surface area contributed by atoms with Gasteiger partial charge in [0, 0.05) is 19.3 Å². The van der Waals surface area contributed by atoms with Crippen LogP contribution in [0.3, 0.4) is 0 Å². The van der Waals surface area contributed by atoms with Gasteiger partial charge >= 0.3 is 0 Å². The van der Waals surface area contributed by atoms with Gasteiger partial charge in [-0.2, -0.15) is 4.31 Å². The fraction of sp³-hybridized carbons (Fsp3) is 0.278. The van der Waals surface area contributed by atoms with Gasteiger partial charge in [-0.25, -0.2) is 8.42 Å². The predicted octanol–water partition coefficient (Wildman–Crippen LogP) is 0.277. The monoisotopic (exact) mass is 388 g/mol. The van der Waals surface area contributed by atoms with Crippen molar-refractivity contribution in [2.45, 2.75) is 23.9 Å². The number of pyridine rings is 1. The Bertz CT molecular complexity index is 903. The first-order valence-electron chi connectivity index (χ1n) is 8.50. The molecule has 1 saturated heterocycles. The summed E-state index contributed by atoms with van der Waals surface area (Å²) in [5.74, 6) is -0.898. The summed E-state index contributed by atoms with van der Waals surface area (Å²) in [7, 11) is -3.88. The van der Waals surface area contributed by atoms with E-state index in [2.05, 4.69) is 15.6 Å². The molecule has 1 fully saturated rings. The number of amides is 2. The average molecular weight is 388 g/mol. The van der Waals surface area contributed by atoms with E-state index in [1.165, 1.54) is 12.1 Å². The Labute approximate surface area is 157 Å². The van der Waals surface area contributed by atoms with Gasteiger partial charge in [0.2, 0.25) is 21.8 Å². The summed E-state index contributed by atoms with van der Waals surface area (Å²) in [6.07, 6.45) is 1.36. The molecule has 0 spiro atoms. The molecule has 1 aromatic heterocycles. The van der Waals surface area contributed by atoms with E-state index < -0.39 is 27.9 Å². The summed E-state index contributed by atoms with van der Waals surface area (Å²) >= 11 is 0. The van der Waals surface area contributed by atoms with Crippen molar-refractivity contribution in [3.8, 4) is 0 Å². The minimum atomic E-state index is -3.88. The molecule has 9 heteroatoms. The molecule has 0 radical (unpaired) electrons. The molecule has 0 saturated carbocycles. The molecule has 1 aliphatic rings. The van der Waals surface area contributed by atoms with Crippen molar-refractivity contribution in [1.82, 2.24) is 19.9 Å². The Hall–Kier alpha value is -2.78. The van der Waals surface area contributed by atoms with E-state index in [-0.39, 0.29) is 31.0 Å². The smallest absolute Gasteiger partial charge is 0.243 e. The van der Waals surface area contributed by atoms with Crippen molar-refractivity contribution in [1.29, 1.82) is 0 Å². The molecule has 1 aromatic carbocycles. The van der Waals surface area contributed by atoms with Gasteiger partial charge in [-0.05, 0) is 24.3 Å². The van der Waals surface area contributed by atoms with Crippen LogP contribution in [0.4, 0.5) is 0 Å². The molecule has 2 N–H and O–H groups in total. The minimum absolute atomic E-state index is 0.0959. The van der Waals surface area contributed by atoms with Crippen LogP contribution in [0.15, 0.2) is 59.6 Å². The lowest BCUT2D eigenvalue weighted by Crippen LogP contribution is -2.58. The summed E-state index contributed by atoms with van der Waals surface area (Å²) in [5, 5.41) is 5.30. The van der Waals surface area contributed by atoms with Crippen molar-refractivity contribution >= 4 is 21.8 Å². The second kappa shape index (κ2) is 8.28. The van der Waals surface area contributed by atoms with Gasteiger partial charge in [0.15, 0.2) is 0 Å². The first-order valence-corrected chi connectivity index (χ1v) is 9.94. The minimum Gasteiger partial charge on any atom is -0.353 e. The third kappa shape index (κ3) is 4.50. The summed E-state index contributed by atoms with van der Waals surface area (Å²) < 4.78 is 26.9. The number of nitrogens with zero attached hydrogens (tertiary/aromatic N) is 2. The third-order valence-electron chi connectivity index (χ3n) is 4.20. The third-order valence-corrected chi connectivity index (χ3v) is 6.13. The normalized spacial score (nSPS) is 17.9. The summed E-state index contributed by atoms with van der Waals surface area (Å²) in [6, 6.07) is 12.1. The average Bonchev–Trinajstić information content (AvgIpc) is 2.69. The van der Waals surface area contributed by atoms with Crippen LogP contribution < -0.4 is 10.6 Å². The molecule has 3 rings (SSSR count). The number of hydrogen-bond donors (Lipinski definition) is 2. The molecular weight excluding hydrogens is 368 g/mol. The number of benzene rings is 1. The van der Waals surface area contributed by atoms with Gasteiger partial charge in [0.05, 0.1) is 23.6 Å². The zero-order valence-corrected chi connectivity index (χ0v) is 15.4. The molecule has 142 valence electrons. The molecule has 8 nitrogen and oxygen atoms in total. The summed E-state index contributed by atoms with van der Waals surface area (Å²) in [5.41, 5.74) is 0.674. The molecule has 0 unspecified atom stereocenters. The van der Waals surface area contributed by atoms with Gasteiger partial charge in [0.1, 0.15) is 6.04 Å². The van der Waals surface area contributed by atoms with Crippen LogP contribution in [0, 0.1) is 0 Å². The second-order valence-electron chi connectivity index (χ2n) is 6.04. The second-order valence-corrected chi connectivity index (χ2v) is 7.93. The van der Waals surface area contributed by atoms with Gasteiger partial charge < -0.3 is 10.6 Å². The lowest BCUT2D eigenvalue weighted by atomic mass is 10.1. The number of carbonyl (C=O) groups excluding carboxylic acids is 2. The van der Waals surface area contributed by atoms with Gasteiger partial charge in [-0.15, -0.1) is 0 Å². The van der Waals surface area contributed by atoms with Crippen molar-refractivity contribution in [3.63, 3.8) is 0 Å². The maximum absolute atomic E-state index is 12.9. The van der Waals surface area contributed by atoms with Crippen molar-refractivity contribution in [2.24, 2.45) is 0 Å². The van der Waals surface area contributed by atoms with Crippen LogP contribution in [-0.2, 0) is 26.2 Å². The van der Waals surface area contributed by atoms with E-state index in [9.17, 15) is 18.0 Å². The van der Waals surface area contributed by atoms with E-state index in [1.807, 2.05) is 0 Å². The molecule has 1 aliphatic heterocycles. The van der Waals surface area contributed by atoms with E-state index in [4.69, 9.17) is 0 Å². The summed E-state index contributed by atoms with van der Waals surface area (Å²) in [6.45, 7) is 0.525. The maximum Gasteiger partial charge on any atom is 0.243 e. The fourth-order valence-corrected chi connectivity index (χ4v) is 4.45. The zero-order chi connectivity index (χ0) is 19.3. The quantitative estimate of drug-likeness (QED) is 0.739. The molecule has 1 atom stereocenters. The van der Waals surface area contributed by atoms with Crippen LogP contribution in [0.25, 0.3) is 0 Å². The Kier molecular flexibility index (Phi) is 5.82. The molecule has 0 bridgehead atoms. The predicted molar refractivity (Wildman–Crippen MR) is 97.8 cm³/mol. The van der Waals surface area contributed by atoms with Gasteiger partial charge in [0.25, 0.3) is 0 Å². The van der Waals surface area contributed by atoms with Crippen LogP contribution in [0.1, 0.15) is 12.1 Å². The van der Waals surface area contributed by atoms with E-state index >= 15 is 0 Å². The number of sulfonamides is 1. The first-order chi connectivity index (χ1) is 13.0. The lowest BCUT2D eigenvalue weighted by Gasteiger charge is -2.33. The molecule has 2 heterocycles. The largest absolute Gasteiger partial charge is 0.353 e. The highest BCUT2D eigenvalue weighted by atomic mass is 32.2. The molecular formula is C18H20N4O4S.